The van der Waals surface area contributed by atoms with Gasteiger partial charge in [0.2, 0.25) is 11.7 Å². The summed E-state index contributed by atoms with van der Waals surface area (Å²) in [5, 5.41) is 11.7. The smallest absolute Gasteiger partial charge is 0.416 e. The van der Waals surface area contributed by atoms with E-state index in [-0.39, 0.29) is 35.0 Å². The molecule has 0 aliphatic carbocycles. The van der Waals surface area contributed by atoms with Crippen molar-refractivity contribution in [2.45, 2.75) is 19.6 Å². The molecule has 13 heteroatoms. The third-order valence-corrected chi connectivity index (χ3v) is 5.04. The SMILES string of the molecule is CCOc1ccc(-n2nnc3c(=O)n(Cc4nc(-c5cccc(C(F)(F)F)c5)no4)cnc32)cc1. The number of hydrogen-bond acceptors (Lipinski definition) is 8. The second-order valence-electron chi connectivity index (χ2n) is 7.37. The highest BCUT2D eigenvalue weighted by atomic mass is 19.4. The van der Waals surface area contributed by atoms with E-state index in [4.69, 9.17) is 9.26 Å². The van der Waals surface area contributed by atoms with E-state index in [1.165, 1.54) is 27.7 Å². The van der Waals surface area contributed by atoms with Crippen molar-refractivity contribution in [3.8, 4) is 22.8 Å². The molecule has 0 unspecified atom stereocenters. The maximum absolute atomic E-state index is 13.0. The Hall–Kier alpha value is -4.55. The number of aromatic nitrogens is 7. The summed E-state index contributed by atoms with van der Waals surface area (Å²) in [5.74, 6) is 0.675. The van der Waals surface area contributed by atoms with Gasteiger partial charge in [0, 0.05) is 5.56 Å². The van der Waals surface area contributed by atoms with E-state index in [1.807, 2.05) is 6.92 Å². The molecule has 0 atom stereocenters. The van der Waals surface area contributed by atoms with E-state index in [9.17, 15) is 18.0 Å². The van der Waals surface area contributed by atoms with Crippen molar-refractivity contribution in [1.29, 1.82) is 0 Å². The van der Waals surface area contributed by atoms with Crippen molar-refractivity contribution >= 4 is 11.2 Å². The second-order valence-corrected chi connectivity index (χ2v) is 7.37. The Labute approximate surface area is 194 Å². The molecule has 2 aromatic carbocycles. The van der Waals surface area contributed by atoms with Gasteiger partial charge in [0.1, 0.15) is 18.6 Å². The number of ether oxygens (including phenoxy) is 1. The number of benzene rings is 2. The fraction of sp³-hybridized carbons (Fsp3) is 0.182. The number of hydrogen-bond donors (Lipinski definition) is 0. The van der Waals surface area contributed by atoms with Crippen LogP contribution in [0.2, 0.25) is 0 Å². The van der Waals surface area contributed by atoms with Crippen LogP contribution < -0.4 is 10.3 Å². The molecule has 0 fully saturated rings. The van der Waals surface area contributed by atoms with E-state index in [0.717, 1.165) is 12.1 Å². The highest BCUT2D eigenvalue weighted by Crippen LogP contribution is 2.31. The van der Waals surface area contributed by atoms with E-state index in [2.05, 4.69) is 25.4 Å². The lowest BCUT2D eigenvalue weighted by Gasteiger charge is -2.06. The monoisotopic (exact) mass is 483 g/mol. The molecule has 0 spiro atoms. The summed E-state index contributed by atoms with van der Waals surface area (Å²) in [7, 11) is 0. The first-order valence-corrected chi connectivity index (χ1v) is 10.4. The van der Waals surface area contributed by atoms with Crippen molar-refractivity contribution in [1.82, 2.24) is 34.7 Å². The predicted molar refractivity (Wildman–Crippen MR) is 116 cm³/mol. The van der Waals surface area contributed by atoms with Gasteiger partial charge in [0.15, 0.2) is 11.2 Å². The Morgan fingerprint density at radius 2 is 1.91 bits per heavy atom. The molecule has 0 radical (unpaired) electrons. The zero-order valence-corrected chi connectivity index (χ0v) is 18.1. The lowest BCUT2D eigenvalue weighted by Crippen LogP contribution is -2.21. The third kappa shape index (κ3) is 4.35. The molecule has 0 aliphatic rings. The highest BCUT2D eigenvalue weighted by molar-refractivity contribution is 5.70. The molecule has 0 saturated heterocycles. The molecule has 178 valence electrons. The molecule has 0 amide bonds. The second kappa shape index (κ2) is 8.66. The molecular weight excluding hydrogens is 467 g/mol. The molecule has 5 rings (SSSR count). The van der Waals surface area contributed by atoms with Crippen LogP contribution in [0.15, 0.2) is 64.2 Å². The Bertz CT molecular complexity index is 1560. The molecule has 35 heavy (non-hydrogen) atoms. The van der Waals surface area contributed by atoms with Gasteiger partial charge in [0.25, 0.3) is 5.56 Å². The number of alkyl halides is 3. The fourth-order valence-electron chi connectivity index (χ4n) is 3.40. The molecule has 10 nitrogen and oxygen atoms in total. The zero-order chi connectivity index (χ0) is 24.6. The molecular formula is C22H16F3N7O3. The predicted octanol–water partition coefficient (Wildman–Crippen LogP) is 3.49. The largest absolute Gasteiger partial charge is 0.494 e. The van der Waals surface area contributed by atoms with Crippen molar-refractivity contribution < 1.29 is 22.4 Å². The van der Waals surface area contributed by atoms with Crippen LogP contribution in [0, 0.1) is 0 Å². The Kier molecular flexibility index (Phi) is 5.51. The quantitative estimate of drug-likeness (QED) is 0.361. The molecule has 3 aromatic heterocycles. The number of nitrogens with zero attached hydrogens (tertiary/aromatic N) is 7. The van der Waals surface area contributed by atoms with E-state index in [1.54, 1.807) is 24.3 Å². The van der Waals surface area contributed by atoms with Crippen molar-refractivity contribution in [3.05, 3.63) is 76.7 Å². The molecule has 3 heterocycles. The molecule has 0 N–H and O–H groups in total. The Morgan fingerprint density at radius 3 is 2.66 bits per heavy atom. The highest BCUT2D eigenvalue weighted by Gasteiger charge is 2.30. The Morgan fingerprint density at radius 1 is 1.11 bits per heavy atom. The lowest BCUT2D eigenvalue weighted by atomic mass is 10.1. The van der Waals surface area contributed by atoms with Crippen LogP contribution in [0.4, 0.5) is 13.2 Å². The van der Waals surface area contributed by atoms with Crippen LogP contribution in [0.1, 0.15) is 18.4 Å². The van der Waals surface area contributed by atoms with Gasteiger partial charge >= 0.3 is 6.18 Å². The summed E-state index contributed by atoms with van der Waals surface area (Å²) in [4.78, 5) is 21.3. The van der Waals surface area contributed by atoms with E-state index < -0.39 is 17.3 Å². The van der Waals surface area contributed by atoms with Crippen molar-refractivity contribution in [2.75, 3.05) is 6.61 Å². The standard InChI is InChI=1S/C22H16F3N7O3/c1-2-34-16-8-6-15(7-9-16)32-20-18(28-30-32)21(33)31(12-26-20)11-17-27-19(29-35-17)13-4-3-5-14(10-13)22(23,24)25/h3-10,12H,2,11H2,1H3. The minimum Gasteiger partial charge on any atom is -0.494 e. The third-order valence-electron chi connectivity index (χ3n) is 5.04. The van der Waals surface area contributed by atoms with E-state index in [0.29, 0.717) is 18.0 Å². The van der Waals surface area contributed by atoms with Gasteiger partial charge in [-0.15, -0.1) is 5.10 Å². The van der Waals surface area contributed by atoms with Gasteiger partial charge < -0.3 is 9.26 Å². The normalized spacial score (nSPS) is 11.8. The lowest BCUT2D eigenvalue weighted by molar-refractivity contribution is -0.137. The minimum atomic E-state index is -4.50. The summed E-state index contributed by atoms with van der Waals surface area (Å²) < 4.78 is 52.1. The van der Waals surface area contributed by atoms with Gasteiger partial charge in [0.05, 0.1) is 17.9 Å². The molecule has 0 bridgehead atoms. The molecule has 0 saturated carbocycles. The van der Waals surface area contributed by atoms with Gasteiger partial charge in [-0.2, -0.15) is 22.8 Å². The van der Waals surface area contributed by atoms with Crippen molar-refractivity contribution in [2.24, 2.45) is 0 Å². The van der Waals surface area contributed by atoms with Crippen LogP contribution in [-0.4, -0.2) is 41.3 Å². The van der Waals surface area contributed by atoms with Gasteiger partial charge in [-0.1, -0.05) is 22.5 Å². The van der Waals surface area contributed by atoms with Crippen LogP contribution in [0.3, 0.4) is 0 Å². The summed E-state index contributed by atoms with van der Waals surface area (Å²) in [6.07, 6.45) is -3.22. The zero-order valence-electron chi connectivity index (χ0n) is 18.1. The maximum atomic E-state index is 13.0. The first-order valence-electron chi connectivity index (χ1n) is 10.4. The summed E-state index contributed by atoms with van der Waals surface area (Å²) >= 11 is 0. The first-order chi connectivity index (χ1) is 16.8. The summed E-state index contributed by atoms with van der Waals surface area (Å²) in [5.41, 5.74) is -0.268. The number of rotatable bonds is 6. The molecule has 0 aliphatic heterocycles. The summed E-state index contributed by atoms with van der Waals surface area (Å²) in [6, 6.07) is 11.6. The topological polar surface area (TPSA) is 114 Å². The van der Waals surface area contributed by atoms with Crippen LogP contribution in [-0.2, 0) is 12.7 Å². The van der Waals surface area contributed by atoms with Crippen LogP contribution in [0.5, 0.6) is 5.75 Å². The number of halogens is 3. The summed E-state index contributed by atoms with van der Waals surface area (Å²) in [6.45, 7) is 2.27. The van der Waals surface area contributed by atoms with Gasteiger partial charge in [-0.25, -0.2) is 4.98 Å². The van der Waals surface area contributed by atoms with Crippen LogP contribution in [0.25, 0.3) is 28.2 Å². The first kappa shape index (κ1) is 22.3. The van der Waals surface area contributed by atoms with Gasteiger partial charge in [-0.3, -0.25) is 9.36 Å². The fourth-order valence-corrected chi connectivity index (χ4v) is 3.40. The average Bonchev–Trinajstić information content (AvgIpc) is 3.49. The minimum absolute atomic E-state index is 0.0135. The van der Waals surface area contributed by atoms with Crippen molar-refractivity contribution in [3.63, 3.8) is 0 Å². The van der Waals surface area contributed by atoms with Gasteiger partial charge in [-0.05, 0) is 43.3 Å². The van der Waals surface area contributed by atoms with Crippen LogP contribution >= 0.6 is 0 Å². The Balaban J connectivity index is 1.41. The molecule has 5 aromatic rings. The van der Waals surface area contributed by atoms with E-state index >= 15 is 0 Å². The average molecular weight is 483 g/mol. The maximum Gasteiger partial charge on any atom is 0.416 e. The number of fused-ring (bicyclic) bond motifs is 1.